The van der Waals surface area contributed by atoms with E-state index in [9.17, 15) is 0 Å². The average Bonchev–Trinajstić information content (AvgIpc) is 2.82. The van der Waals surface area contributed by atoms with Crippen molar-refractivity contribution in [1.82, 2.24) is 10.3 Å². The summed E-state index contributed by atoms with van der Waals surface area (Å²) in [5.74, 6) is 0.564. The second kappa shape index (κ2) is 4.44. The number of hydrogen-bond acceptors (Lipinski definition) is 5. The fraction of sp³-hybridized carbons (Fsp3) is 0.417. The minimum absolute atomic E-state index is 0.0665. The first kappa shape index (κ1) is 10.7. The number of benzene rings is 1. The molecule has 1 aliphatic heterocycles. The standard InChI is InChI=1S/C12H15N3O2/c13-11(9-7-16-6-5-14-9)12-15-8-3-1-2-4-10(8)17-12/h1-4,9,11,14H,5-7,13H2. The summed E-state index contributed by atoms with van der Waals surface area (Å²) < 4.78 is 11.0. The highest BCUT2D eigenvalue weighted by atomic mass is 16.5. The van der Waals surface area contributed by atoms with Gasteiger partial charge in [-0.15, -0.1) is 0 Å². The molecule has 5 nitrogen and oxygen atoms in total. The topological polar surface area (TPSA) is 73.3 Å². The van der Waals surface area contributed by atoms with Gasteiger partial charge in [0.1, 0.15) is 5.52 Å². The smallest absolute Gasteiger partial charge is 0.214 e. The second-order valence-corrected chi connectivity index (χ2v) is 4.18. The lowest BCUT2D eigenvalue weighted by atomic mass is 10.1. The zero-order chi connectivity index (χ0) is 11.7. The summed E-state index contributed by atoms with van der Waals surface area (Å²) in [4.78, 5) is 4.40. The maximum atomic E-state index is 6.13. The van der Waals surface area contributed by atoms with E-state index in [1.807, 2.05) is 24.3 Å². The van der Waals surface area contributed by atoms with Crippen LogP contribution in [0.1, 0.15) is 11.9 Å². The SMILES string of the molecule is NC(c1nc2ccccc2o1)C1COCCN1. The first-order chi connectivity index (χ1) is 8.34. The Labute approximate surface area is 98.9 Å². The fourth-order valence-electron chi connectivity index (χ4n) is 2.02. The van der Waals surface area contributed by atoms with Gasteiger partial charge in [-0.3, -0.25) is 0 Å². The molecule has 2 heterocycles. The van der Waals surface area contributed by atoms with Crippen molar-refractivity contribution >= 4 is 11.1 Å². The Kier molecular flexibility index (Phi) is 2.80. The van der Waals surface area contributed by atoms with Crippen LogP contribution in [0.15, 0.2) is 28.7 Å². The van der Waals surface area contributed by atoms with Gasteiger partial charge in [-0.1, -0.05) is 12.1 Å². The van der Waals surface area contributed by atoms with Crippen molar-refractivity contribution in [3.05, 3.63) is 30.2 Å². The third-order valence-corrected chi connectivity index (χ3v) is 2.98. The van der Waals surface area contributed by atoms with Gasteiger partial charge in [0, 0.05) is 6.54 Å². The van der Waals surface area contributed by atoms with E-state index < -0.39 is 0 Å². The largest absolute Gasteiger partial charge is 0.439 e. The van der Waals surface area contributed by atoms with Gasteiger partial charge in [-0.2, -0.15) is 0 Å². The molecule has 0 aliphatic carbocycles. The number of rotatable bonds is 2. The molecule has 1 fully saturated rings. The second-order valence-electron chi connectivity index (χ2n) is 4.18. The number of para-hydroxylation sites is 2. The van der Waals surface area contributed by atoms with Crippen LogP contribution in [-0.4, -0.2) is 30.8 Å². The number of oxazole rings is 1. The summed E-state index contributed by atoms with van der Waals surface area (Å²) in [6.45, 7) is 2.15. The van der Waals surface area contributed by atoms with Crippen LogP contribution in [0.2, 0.25) is 0 Å². The molecule has 0 saturated carbocycles. The predicted octanol–water partition coefficient (Wildman–Crippen LogP) is 0.816. The normalized spacial score (nSPS) is 22.8. The molecule has 2 aromatic rings. The maximum absolute atomic E-state index is 6.13. The summed E-state index contributed by atoms with van der Waals surface area (Å²) in [7, 11) is 0. The molecule has 17 heavy (non-hydrogen) atoms. The zero-order valence-electron chi connectivity index (χ0n) is 9.43. The highest BCUT2D eigenvalue weighted by Gasteiger charge is 2.25. The van der Waals surface area contributed by atoms with Crippen LogP contribution in [0.25, 0.3) is 11.1 Å². The molecule has 5 heteroatoms. The molecule has 0 amide bonds. The Bertz CT molecular complexity index is 472. The number of morpholine rings is 1. The maximum Gasteiger partial charge on any atom is 0.214 e. The molecule has 0 radical (unpaired) electrons. The van der Waals surface area contributed by atoms with Gasteiger partial charge in [0.15, 0.2) is 5.58 Å². The number of nitrogens with two attached hydrogens (primary N) is 1. The quantitative estimate of drug-likeness (QED) is 0.803. The molecule has 1 aromatic heterocycles. The lowest BCUT2D eigenvalue weighted by molar-refractivity contribution is 0.0654. The van der Waals surface area contributed by atoms with E-state index in [4.69, 9.17) is 14.9 Å². The van der Waals surface area contributed by atoms with E-state index in [0.29, 0.717) is 12.5 Å². The van der Waals surface area contributed by atoms with Crippen molar-refractivity contribution in [1.29, 1.82) is 0 Å². The summed E-state index contributed by atoms with van der Waals surface area (Å²) in [6, 6.07) is 7.45. The van der Waals surface area contributed by atoms with Gasteiger partial charge in [-0.05, 0) is 12.1 Å². The van der Waals surface area contributed by atoms with Crippen molar-refractivity contribution < 1.29 is 9.15 Å². The lowest BCUT2D eigenvalue weighted by Crippen LogP contribution is -2.47. The highest BCUT2D eigenvalue weighted by Crippen LogP contribution is 2.21. The van der Waals surface area contributed by atoms with Crippen LogP contribution in [0, 0.1) is 0 Å². The minimum atomic E-state index is -0.275. The minimum Gasteiger partial charge on any atom is -0.439 e. The van der Waals surface area contributed by atoms with Crippen molar-refractivity contribution in [3.63, 3.8) is 0 Å². The third kappa shape index (κ3) is 2.04. The zero-order valence-corrected chi connectivity index (χ0v) is 9.43. The fourth-order valence-corrected chi connectivity index (χ4v) is 2.02. The molecular weight excluding hydrogens is 218 g/mol. The van der Waals surface area contributed by atoms with Crippen LogP contribution in [0.5, 0.6) is 0 Å². The summed E-state index contributed by atoms with van der Waals surface area (Å²) >= 11 is 0. The number of nitrogens with zero attached hydrogens (tertiary/aromatic N) is 1. The number of hydrogen-bond donors (Lipinski definition) is 2. The molecule has 3 N–H and O–H groups in total. The summed E-state index contributed by atoms with van der Waals surface area (Å²) in [6.07, 6.45) is 0. The van der Waals surface area contributed by atoms with Crippen LogP contribution < -0.4 is 11.1 Å². The van der Waals surface area contributed by atoms with Crippen LogP contribution in [-0.2, 0) is 4.74 Å². The van der Waals surface area contributed by atoms with Crippen molar-refractivity contribution in [2.45, 2.75) is 12.1 Å². The molecule has 0 spiro atoms. The number of ether oxygens (including phenoxy) is 1. The number of fused-ring (bicyclic) bond motifs is 1. The van der Waals surface area contributed by atoms with Crippen LogP contribution in [0.4, 0.5) is 0 Å². The van der Waals surface area contributed by atoms with E-state index in [0.717, 1.165) is 24.3 Å². The molecule has 2 unspecified atom stereocenters. The third-order valence-electron chi connectivity index (χ3n) is 2.98. The Morgan fingerprint density at radius 2 is 2.29 bits per heavy atom. The summed E-state index contributed by atoms with van der Waals surface area (Å²) in [5.41, 5.74) is 7.75. The predicted molar refractivity (Wildman–Crippen MR) is 63.5 cm³/mol. The number of aromatic nitrogens is 1. The lowest BCUT2D eigenvalue weighted by Gasteiger charge is -2.26. The highest BCUT2D eigenvalue weighted by molar-refractivity contribution is 5.72. The first-order valence-electron chi connectivity index (χ1n) is 5.77. The first-order valence-corrected chi connectivity index (χ1v) is 5.77. The Morgan fingerprint density at radius 3 is 3.06 bits per heavy atom. The van der Waals surface area contributed by atoms with Gasteiger partial charge in [0.25, 0.3) is 0 Å². The van der Waals surface area contributed by atoms with E-state index >= 15 is 0 Å². The molecular formula is C12H15N3O2. The van der Waals surface area contributed by atoms with E-state index in [1.54, 1.807) is 0 Å². The molecule has 1 saturated heterocycles. The molecule has 90 valence electrons. The van der Waals surface area contributed by atoms with E-state index in [1.165, 1.54) is 0 Å². The van der Waals surface area contributed by atoms with Gasteiger partial charge in [-0.25, -0.2) is 4.98 Å². The Hall–Kier alpha value is -1.43. The molecule has 3 rings (SSSR count). The molecule has 1 aliphatic rings. The Balaban J connectivity index is 1.86. The van der Waals surface area contributed by atoms with Gasteiger partial charge >= 0.3 is 0 Å². The monoisotopic (exact) mass is 233 g/mol. The van der Waals surface area contributed by atoms with Crippen molar-refractivity contribution in [3.8, 4) is 0 Å². The van der Waals surface area contributed by atoms with E-state index in [-0.39, 0.29) is 12.1 Å². The average molecular weight is 233 g/mol. The summed E-state index contributed by atoms with van der Waals surface area (Å²) in [5, 5.41) is 3.31. The molecule has 0 bridgehead atoms. The number of nitrogens with one attached hydrogen (secondary N) is 1. The van der Waals surface area contributed by atoms with Gasteiger partial charge in [0.05, 0.1) is 25.3 Å². The van der Waals surface area contributed by atoms with Gasteiger partial charge in [0.2, 0.25) is 5.89 Å². The van der Waals surface area contributed by atoms with E-state index in [2.05, 4.69) is 10.3 Å². The van der Waals surface area contributed by atoms with Gasteiger partial charge < -0.3 is 20.2 Å². The van der Waals surface area contributed by atoms with Crippen molar-refractivity contribution in [2.75, 3.05) is 19.8 Å². The Morgan fingerprint density at radius 1 is 1.41 bits per heavy atom. The van der Waals surface area contributed by atoms with Crippen LogP contribution in [0.3, 0.4) is 0 Å². The van der Waals surface area contributed by atoms with Crippen LogP contribution >= 0.6 is 0 Å². The molecule has 1 aromatic carbocycles. The van der Waals surface area contributed by atoms with Crippen molar-refractivity contribution in [2.24, 2.45) is 5.73 Å². The molecule has 2 atom stereocenters.